The normalized spacial score (nSPS) is 13.6. The standard InChI is InChI=1S/C10H16FN3O2S/c1-2-9(12)3-4-14-17(15,16)10-5-8(11)6-13-7-10/h5-7,9,14H,2-4,12H2,1H3. The maximum absolute atomic E-state index is 12.8. The Bertz CT molecular complexity index is 464. The van der Waals surface area contributed by atoms with Crippen molar-refractivity contribution in [2.45, 2.75) is 30.7 Å². The largest absolute Gasteiger partial charge is 0.328 e. The van der Waals surface area contributed by atoms with E-state index in [1.807, 2.05) is 6.92 Å². The van der Waals surface area contributed by atoms with Gasteiger partial charge in [-0.3, -0.25) is 4.98 Å². The molecule has 0 fully saturated rings. The lowest BCUT2D eigenvalue weighted by Gasteiger charge is -2.10. The molecule has 5 nitrogen and oxygen atoms in total. The average molecular weight is 261 g/mol. The van der Waals surface area contributed by atoms with Gasteiger partial charge in [0.1, 0.15) is 10.7 Å². The van der Waals surface area contributed by atoms with Crippen molar-refractivity contribution < 1.29 is 12.8 Å². The van der Waals surface area contributed by atoms with E-state index in [9.17, 15) is 12.8 Å². The second-order valence-electron chi connectivity index (χ2n) is 3.69. The molecule has 0 aliphatic heterocycles. The summed E-state index contributed by atoms with van der Waals surface area (Å²) in [4.78, 5) is 3.31. The molecule has 1 unspecified atom stereocenters. The van der Waals surface area contributed by atoms with Crippen LogP contribution in [-0.2, 0) is 10.0 Å². The van der Waals surface area contributed by atoms with Crippen LogP contribution in [0.2, 0.25) is 0 Å². The van der Waals surface area contributed by atoms with Crippen LogP contribution in [0.1, 0.15) is 19.8 Å². The summed E-state index contributed by atoms with van der Waals surface area (Å²) in [5.74, 6) is -0.682. The summed E-state index contributed by atoms with van der Waals surface area (Å²) >= 11 is 0. The van der Waals surface area contributed by atoms with Crippen LogP contribution in [0.3, 0.4) is 0 Å². The van der Waals surface area contributed by atoms with Gasteiger partial charge in [-0.2, -0.15) is 0 Å². The third-order valence-corrected chi connectivity index (χ3v) is 3.75. The van der Waals surface area contributed by atoms with Gasteiger partial charge in [-0.05, 0) is 18.9 Å². The highest BCUT2D eigenvalue weighted by Gasteiger charge is 2.14. The molecule has 0 radical (unpaired) electrons. The molecule has 0 aromatic carbocycles. The van der Waals surface area contributed by atoms with Gasteiger partial charge in [0.25, 0.3) is 0 Å². The van der Waals surface area contributed by atoms with Crippen LogP contribution >= 0.6 is 0 Å². The van der Waals surface area contributed by atoms with E-state index >= 15 is 0 Å². The van der Waals surface area contributed by atoms with Gasteiger partial charge in [-0.1, -0.05) is 6.92 Å². The predicted octanol–water partition coefficient (Wildman–Crippen LogP) is 0.626. The van der Waals surface area contributed by atoms with Gasteiger partial charge >= 0.3 is 0 Å². The molecule has 1 aromatic rings. The first kappa shape index (κ1) is 14.0. The van der Waals surface area contributed by atoms with E-state index in [0.29, 0.717) is 6.42 Å². The number of sulfonamides is 1. The lowest BCUT2D eigenvalue weighted by Crippen LogP contribution is -2.30. The van der Waals surface area contributed by atoms with Gasteiger partial charge < -0.3 is 5.73 Å². The Labute approximate surface area is 100 Å². The molecule has 0 saturated heterocycles. The molecule has 0 amide bonds. The number of hydrogen-bond acceptors (Lipinski definition) is 4. The number of pyridine rings is 1. The SMILES string of the molecule is CCC(N)CCNS(=O)(=O)c1cncc(F)c1. The van der Waals surface area contributed by atoms with Crippen molar-refractivity contribution in [2.75, 3.05) is 6.54 Å². The lowest BCUT2D eigenvalue weighted by molar-refractivity contribution is 0.555. The Morgan fingerprint density at radius 3 is 2.82 bits per heavy atom. The van der Waals surface area contributed by atoms with Crippen LogP contribution in [0.25, 0.3) is 0 Å². The summed E-state index contributed by atoms with van der Waals surface area (Å²) in [6.45, 7) is 2.16. The van der Waals surface area contributed by atoms with Crippen molar-refractivity contribution in [3.63, 3.8) is 0 Å². The molecular formula is C10H16FN3O2S. The van der Waals surface area contributed by atoms with Gasteiger partial charge in [0, 0.05) is 18.8 Å². The first-order chi connectivity index (χ1) is 7.95. The minimum absolute atomic E-state index is 0.0386. The van der Waals surface area contributed by atoms with Gasteiger partial charge in [0.15, 0.2) is 0 Å². The van der Waals surface area contributed by atoms with Crippen molar-refractivity contribution in [3.8, 4) is 0 Å². The minimum Gasteiger partial charge on any atom is -0.328 e. The van der Waals surface area contributed by atoms with E-state index in [-0.39, 0.29) is 17.5 Å². The van der Waals surface area contributed by atoms with Crippen LogP contribution in [0.5, 0.6) is 0 Å². The van der Waals surface area contributed by atoms with E-state index in [4.69, 9.17) is 5.73 Å². The summed E-state index contributed by atoms with van der Waals surface area (Å²) in [5, 5.41) is 0. The van der Waals surface area contributed by atoms with Gasteiger partial charge in [-0.15, -0.1) is 0 Å². The second kappa shape index (κ2) is 6.04. The molecule has 0 saturated carbocycles. The number of aromatic nitrogens is 1. The number of rotatable bonds is 6. The lowest BCUT2D eigenvalue weighted by atomic mass is 10.2. The molecule has 7 heteroatoms. The molecule has 17 heavy (non-hydrogen) atoms. The fraction of sp³-hybridized carbons (Fsp3) is 0.500. The maximum atomic E-state index is 12.8. The average Bonchev–Trinajstić information content (AvgIpc) is 2.28. The summed E-state index contributed by atoms with van der Waals surface area (Å²) in [7, 11) is -3.69. The summed E-state index contributed by atoms with van der Waals surface area (Å²) in [5.41, 5.74) is 5.66. The highest BCUT2D eigenvalue weighted by molar-refractivity contribution is 7.89. The summed E-state index contributed by atoms with van der Waals surface area (Å²) in [6, 6.07) is 0.887. The zero-order valence-corrected chi connectivity index (χ0v) is 10.4. The zero-order valence-electron chi connectivity index (χ0n) is 9.56. The molecule has 0 spiro atoms. The minimum atomic E-state index is -3.69. The molecule has 3 N–H and O–H groups in total. The van der Waals surface area contributed by atoms with E-state index in [1.165, 1.54) is 0 Å². The molecule has 96 valence electrons. The highest BCUT2D eigenvalue weighted by atomic mass is 32.2. The fourth-order valence-electron chi connectivity index (χ4n) is 1.21. The molecule has 0 bridgehead atoms. The van der Waals surface area contributed by atoms with Crippen LogP contribution in [0.15, 0.2) is 23.4 Å². The Balaban J connectivity index is 2.63. The number of halogens is 1. The van der Waals surface area contributed by atoms with Crippen molar-refractivity contribution in [3.05, 3.63) is 24.3 Å². The van der Waals surface area contributed by atoms with Crippen LogP contribution in [0.4, 0.5) is 4.39 Å². The fourth-order valence-corrected chi connectivity index (χ4v) is 2.23. The summed E-state index contributed by atoms with van der Waals surface area (Å²) in [6.07, 6.45) is 3.37. The molecule has 1 rings (SSSR count). The Morgan fingerprint density at radius 2 is 2.24 bits per heavy atom. The van der Waals surface area contributed by atoms with Crippen molar-refractivity contribution in [2.24, 2.45) is 5.73 Å². The van der Waals surface area contributed by atoms with E-state index in [2.05, 4.69) is 9.71 Å². The topological polar surface area (TPSA) is 85.1 Å². The number of nitrogens with two attached hydrogens (primary N) is 1. The van der Waals surface area contributed by atoms with Crippen LogP contribution < -0.4 is 10.5 Å². The first-order valence-corrected chi connectivity index (χ1v) is 6.80. The monoisotopic (exact) mass is 261 g/mol. The third kappa shape index (κ3) is 4.37. The smallest absolute Gasteiger partial charge is 0.242 e. The maximum Gasteiger partial charge on any atom is 0.242 e. The molecule has 0 aliphatic carbocycles. The van der Waals surface area contributed by atoms with Crippen molar-refractivity contribution >= 4 is 10.0 Å². The van der Waals surface area contributed by atoms with E-state index in [0.717, 1.165) is 24.9 Å². The molecule has 1 heterocycles. The van der Waals surface area contributed by atoms with Gasteiger partial charge in [0.05, 0.1) is 6.20 Å². The number of nitrogens with one attached hydrogen (secondary N) is 1. The van der Waals surface area contributed by atoms with E-state index in [1.54, 1.807) is 0 Å². The Kier molecular flexibility index (Phi) is 4.98. The van der Waals surface area contributed by atoms with Crippen molar-refractivity contribution in [1.29, 1.82) is 0 Å². The van der Waals surface area contributed by atoms with Gasteiger partial charge in [0.2, 0.25) is 10.0 Å². The predicted molar refractivity (Wildman–Crippen MR) is 62.3 cm³/mol. The zero-order chi connectivity index (χ0) is 12.9. The van der Waals surface area contributed by atoms with Crippen LogP contribution in [0, 0.1) is 5.82 Å². The highest BCUT2D eigenvalue weighted by Crippen LogP contribution is 2.08. The molecule has 1 atom stereocenters. The molecule has 1 aromatic heterocycles. The number of nitrogens with zero attached hydrogens (tertiary/aromatic N) is 1. The number of hydrogen-bond donors (Lipinski definition) is 2. The van der Waals surface area contributed by atoms with E-state index < -0.39 is 15.8 Å². The molecule has 0 aliphatic rings. The Hall–Kier alpha value is -1.05. The van der Waals surface area contributed by atoms with Crippen LogP contribution in [-0.4, -0.2) is 26.0 Å². The van der Waals surface area contributed by atoms with Crippen molar-refractivity contribution in [1.82, 2.24) is 9.71 Å². The Morgan fingerprint density at radius 1 is 1.53 bits per heavy atom. The van der Waals surface area contributed by atoms with Gasteiger partial charge in [-0.25, -0.2) is 17.5 Å². The summed E-state index contributed by atoms with van der Waals surface area (Å²) < 4.78 is 38.6. The first-order valence-electron chi connectivity index (χ1n) is 5.31. The quantitative estimate of drug-likeness (QED) is 0.786. The molecular weight excluding hydrogens is 245 g/mol. The second-order valence-corrected chi connectivity index (χ2v) is 5.46. The third-order valence-electron chi connectivity index (χ3n) is 2.32.